The van der Waals surface area contributed by atoms with Gasteiger partial charge in [0, 0.05) is 18.9 Å². The van der Waals surface area contributed by atoms with Gasteiger partial charge in [-0.25, -0.2) is 4.79 Å². The van der Waals surface area contributed by atoms with Gasteiger partial charge >= 0.3 is 5.97 Å². The van der Waals surface area contributed by atoms with Crippen LogP contribution >= 0.6 is 0 Å². The molecule has 0 spiro atoms. The number of esters is 1. The van der Waals surface area contributed by atoms with E-state index in [1.807, 2.05) is 0 Å². The predicted octanol–water partition coefficient (Wildman–Crippen LogP) is 1.49. The molecule has 0 heterocycles. The van der Waals surface area contributed by atoms with Gasteiger partial charge < -0.3 is 10.1 Å². The minimum absolute atomic E-state index is 0.0486. The summed E-state index contributed by atoms with van der Waals surface area (Å²) in [5, 5.41) is 2.41. The summed E-state index contributed by atoms with van der Waals surface area (Å²) in [6.07, 6.45) is 1.35. The fourth-order valence-corrected chi connectivity index (χ4v) is 1.95. The van der Waals surface area contributed by atoms with Crippen LogP contribution in [0.5, 0.6) is 0 Å². The number of ketones is 1. The summed E-state index contributed by atoms with van der Waals surface area (Å²) in [5.74, 6) is -1.84. The van der Waals surface area contributed by atoms with Gasteiger partial charge in [0.2, 0.25) is 11.4 Å². The van der Waals surface area contributed by atoms with Gasteiger partial charge in [0.25, 0.3) is 0 Å². The summed E-state index contributed by atoms with van der Waals surface area (Å²) < 4.78 is 4.69. The van der Waals surface area contributed by atoms with E-state index in [1.54, 1.807) is 30.3 Å². The molecule has 1 aromatic carbocycles. The predicted molar refractivity (Wildman–Crippen MR) is 74.2 cm³/mol. The van der Waals surface area contributed by atoms with Gasteiger partial charge in [0.15, 0.2) is 5.78 Å². The second-order valence-corrected chi connectivity index (χ2v) is 4.27. The Labute approximate surface area is 117 Å². The van der Waals surface area contributed by atoms with Gasteiger partial charge in [-0.05, 0) is 0 Å². The van der Waals surface area contributed by atoms with Gasteiger partial charge in [0.1, 0.15) is 0 Å². The molecule has 0 saturated heterocycles. The Hall–Kier alpha value is -2.43. The third-order valence-corrected chi connectivity index (χ3v) is 2.80. The van der Waals surface area contributed by atoms with E-state index in [0.29, 0.717) is 5.56 Å². The maximum absolute atomic E-state index is 12.6. The van der Waals surface area contributed by atoms with Crippen molar-refractivity contribution in [1.82, 2.24) is 5.32 Å². The van der Waals surface area contributed by atoms with Crippen LogP contribution in [-0.2, 0) is 14.3 Å². The molecule has 0 radical (unpaired) electrons. The topological polar surface area (TPSA) is 72.5 Å². The van der Waals surface area contributed by atoms with Crippen molar-refractivity contribution in [3.8, 4) is 0 Å². The number of hydrogen-bond donors (Lipinski definition) is 1. The van der Waals surface area contributed by atoms with Gasteiger partial charge in [-0.1, -0.05) is 36.4 Å². The Kier molecular flexibility index (Phi) is 5.20. The highest BCUT2D eigenvalue weighted by atomic mass is 16.5. The molecule has 0 aliphatic heterocycles. The van der Waals surface area contributed by atoms with Crippen molar-refractivity contribution in [2.75, 3.05) is 7.11 Å². The largest absolute Gasteiger partial charge is 0.467 e. The first-order valence-electron chi connectivity index (χ1n) is 6.06. The lowest BCUT2D eigenvalue weighted by molar-refractivity contribution is -0.148. The highest BCUT2D eigenvalue weighted by Crippen LogP contribution is 2.20. The first-order valence-corrected chi connectivity index (χ1v) is 6.06. The molecular weight excluding hydrogens is 258 g/mol. The number of carbonyl (C=O) groups is 3. The Morgan fingerprint density at radius 3 is 2.35 bits per heavy atom. The molecule has 0 bridgehead atoms. The third-order valence-electron chi connectivity index (χ3n) is 2.80. The zero-order chi connectivity index (χ0) is 15.2. The average Bonchev–Trinajstić information content (AvgIpc) is 2.45. The molecule has 1 atom stereocenters. The summed E-state index contributed by atoms with van der Waals surface area (Å²) in [4.78, 5) is 36.1. The molecule has 1 aromatic rings. The standard InChI is InChI=1S/C15H17NO4/c1-4-10-15(14(19)20-3,16-11(2)17)13(18)12-8-6-5-7-9-12/h4-9H,1,10H2,2-3H3,(H,16,17)/t15-/m1/s1. The Morgan fingerprint density at radius 2 is 1.90 bits per heavy atom. The quantitative estimate of drug-likeness (QED) is 0.369. The smallest absolute Gasteiger partial charge is 0.340 e. The number of hydrogen-bond acceptors (Lipinski definition) is 4. The number of Topliss-reactive ketones (excluding diaryl/α,β-unsaturated/α-hetero) is 1. The van der Waals surface area contributed by atoms with Gasteiger partial charge in [0.05, 0.1) is 7.11 Å². The van der Waals surface area contributed by atoms with Crippen molar-refractivity contribution in [1.29, 1.82) is 0 Å². The highest BCUT2D eigenvalue weighted by molar-refractivity contribution is 6.18. The van der Waals surface area contributed by atoms with Crippen LogP contribution in [-0.4, -0.2) is 30.3 Å². The van der Waals surface area contributed by atoms with E-state index in [4.69, 9.17) is 0 Å². The molecule has 0 fully saturated rings. The zero-order valence-corrected chi connectivity index (χ0v) is 11.5. The molecule has 1 rings (SSSR count). The molecule has 5 heteroatoms. The Morgan fingerprint density at radius 1 is 1.30 bits per heavy atom. The minimum Gasteiger partial charge on any atom is -0.467 e. The van der Waals surface area contributed by atoms with Crippen molar-refractivity contribution in [3.63, 3.8) is 0 Å². The summed E-state index contributed by atoms with van der Waals surface area (Å²) in [6.45, 7) is 4.77. The summed E-state index contributed by atoms with van der Waals surface area (Å²) in [6, 6.07) is 8.26. The molecular formula is C15H17NO4. The number of benzene rings is 1. The van der Waals surface area contributed by atoms with Crippen LogP contribution in [0.3, 0.4) is 0 Å². The lowest BCUT2D eigenvalue weighted by Crippen LogP contribution is -2.60. The first kappa shape index (κ1) is 15.6. The van der Waals surface area contributed by atoms with Gasteiger partial charge in [-0.15, -0.1) is 6.58 Å². The molecule has 0 aromatic heterocycles. The van der Waals surface area contributed by atoms with Crippen molar-refractivity contribution in [2.24, 2.45) is 0 Å². The number of ether oxygens (including phenoxy) is 1. The zero-order valence-electron chi connectivity index (χ0n) is 11.5. The second kappa shape index (κ2) is 6.65. The van der Waals surface area contributed by atoms with E-state index in [0.717, 1.165) is 0 Å². The fraction of sp³-hybridized carbons (Fsp3) is 0.267. The molecule has 5 nitrogen and oxygen atoms in total. The molecule has 20 heavy (non-hydrogen) atoms. The van der Waals surface area contributed by atoms with E-state index < -0.39 is 23.2 Å². The molecule has 0 aliphatic carbocycles. The van der Waals surface area contributed by atoms with Crippen LogP contribution in [0.1, 0.15) is 23.7 Å². The average molecular weight is 275 g/mol. The number of methoxy groups -OCH3 is 1. The van der Waals surface area contributed by atoms with Crippen LogP contribution in [0.4, 0.5) is 0 Å². The van der Waals surface area contributed by atoms with E-state index in [9.17, 15) is 14.4 Å². The monoisotopic (exact) mass is 275 g/mol. The number of rotatable bonds is 6. The molecule has 1 amide bonds. The van der Waals surface area contributed by atoms with Crippen molar-refractivity contribution < 1.29 is 19.1 Å². The van der Waals surface area contributed by atoms with Gasteiger partial charge in [-0.2, -0.15) is 0 Å². The SMILES string of the molecule is C=CC[C@](NC(C)=O)(C(=O)OC)C(=O)c1ccccc1. The van der Waals surface area contributed by atoms with Crippen LogP contribution in [0.2, 0.25) is 0 Å². The number of amides is 1. The molecule has 0 aliphatic rings. The van der Waals surface area contributed by atoms with Crippen LogP contribution in [0, 0.1) is 0 Å². The fourth-order valence-electron chi connectivity index (χ4n) is 1.95. The summed E-state index contributed by atoms with van der Waals surface area (Å²) in [7, 11) is 1.17. The Bertz CT molecular complexity index is 524. The van der Waals surface area contributed by atoms with E-state index in [-0.39, 0.29) is 6.42 Å². The first-order chi connectivity index (χ1) is 9.47. The second-order valence-electron chi connectivity index (χ2n) is 4.27. The maximum atomic E-state index is 12.6. The third kappa shape index (κ3) is 3.12. The Balaban J connectivity index is 3.33. The van der Waals surface area contributed by atoms with Crippen molar-refractivity contribution >= 4 is 17.7 Å². The molecule has 0 unspecified atom stereocenters. The van der Waals surface area contributed by atoms with E-state index in [2.05, 4.69) is 16.6 Å². The van der Waals surface area contributed by atoms with Crippen LogP contribution in [0.15, 0.2) is 43.0 Å². The van der Waals surface area contributed by atoms with E-state index >= 15 is 0 Å². The summed E-state index contributed by atoms with van der Waals surface area (Å²) >= 11 is 0. The van der Waals surface area contributed by atoms with Crippen molar-refractivity contribution in [2.45, 2.75) is 18.9 Å². The van der Waals surface area contributed by atoms with Gasteiger partial charge in [-0.3, -0.25) is 9.59 Å². The molecule has 1 N–H and O–H groups in total. The summed E-state index contributed by atoms with van der Waals surface area (Å²) in [5.41, 5.74) is -1.46. The van der Waals surface area contributed by atoms with E-state index in [1.165, 1.54) is 20.1 Å². The molecule has 0 saturated carbocycles. The number of carbonyl (C=O) groups excluding carboxylic acids is 3. The van der Waals surface area contributed by atoms with Crippen molar-refractivity contribution in [3.05, 3.63) is 48.6 Å². The molecule has 106 valence electrons. The lowest BCUT2D eigenvalue weighted by atomic mass is 9.85. The normalized spacial score (nSPS) is 12.9. The highest BCUT2D eigenvalue weighted by Gasteiger charge is 2.47. The van der Waals surface area contributed by atoms with Crippen LogP contribution < -0.4 is 5.32 Å². The number of nitrogens with one attached hydrogen (secondary N) is 1. The lowest BCUT2D eigenvalue weighted by Gasteiger charge is -2.29. The van der Waals surface area contributed by atoms with Crippen LogP contribution in [0.25, 0.3) is 0 Å². The minimum atomic E-state index is -1.77. The maximum Gasteiger partial charge on any atom is 0.340 e.